The molecule has 1 aliphatic rings. The van der Waals surface area contributed by atoms with Crippen LogP contribution in [-0.4, -0.2) is 30.2 Å². The van der Waals surface area contributed by atoms with E-state index in [1.54, 1.807) is 7.11 Å². The van der Waals surface area contributed by atoms with Crippen LogP contribution in [-0.2, 0) is 6.54 Å². The lowest BCUT2D eigenvalue weighted by molar-refractivity contribution is 0.0659. The van der Waals surface area contributed by atoms with E-state index >= 15 is 0 Å². The second kappa shape index (κ2) is 7.95. The molecule has 0 spiro atoms. The summed E-state index contributed by atoms with van der Waals surface area (Å²) in [5, 5.41) is 11.6. The van der Waals surface area contributed by atoms with Gasteiger partial charge in [0.1, 0.15) is 0 Å². The lowest BCUT2D eigenvalue weighted by atomic mass is 10.1. The van der Waals surface area contributed by atoms with Crippen LogP contribution >= 0.6 is 0 Å². The molecule has 3 rings (SSSR count). The summed E-state index contributed by atoms with van der Waals surface area (Å²) in [6.45, 7) is 0.210. The Labute approximate surface area is 150 Å². The van der Waals surface area contributed by atoms with Crippen molar-refractivity contribution in [3.8, 4) is 11.5 Å². The molecule has 7 heteroatoms. The largest absolute Gasteiger partial charge is 0.493 e. The van der Waals surface area contributed by atoms with E-state index in [4.69, 9.17) is 19.0 Å². The zero-order valence-corrected chi connectivity index (χ0v) is 14.5. The summed E-state index contributed by atoms with van der Waals surface area (Å²) < 4.78 is 16.5. The number of para-hydroxylation sites is 1. The molecule has 1 aromatic carbocycles. The van der Waals surface area contributed by atoms with Crippen LogP contribution in [0.3, 0.4) is 0 Å². The maximum Gasteiger partial charge on any atom is 0.371 e. The van der Waals surface area contributed by atoms with Crippen LogP contribution in [0.4, 0.5) is 0 Å². The van der Waals surface area contributed by atoms with Crippen molar-refractivity contribution in [2.24, 2.45) is 0 Å². The highest BCUT2D eigenvalue weighted by atomic mass is 16.5. The maximum atomic E-state index is 12.2. The van der Waals surface area contributed by atoms with Gasteiger partial charge < -0.3 is 24.3 Å². The molecule has 2 aromatic rings. The number of methoxy groups -OCH3 is 1. The molecule has 1 fully saturated rings. The third-order valence-electron chi connectivity index (χ3n) is 4.35. The van der Waals surface area contributed by atoms with E-state index < -0.39 is 11.9 Å². The minimum Gasteiger partial charge on any atom is -0.493 e. The number of carboxylic acids is 1. The fraction of sp³-hybridized carbons (Fsp3) is 0.368. The third kappa shape index (κ3) is 3.99. The number of hydrogen-bond acceptors (Lipinski definition) is 5. The summed E-state index contributed by atoms with van der Waals surface area (Å²) >= 11 is 0. The number of carboxylic acid groups (broad SMARTS) is 1. The lowest BCUT2D eigenvalue weighted by Crippen LogP contribution is -2.23. The molecule has 26 heavy (non-hydrogen) atoms. The number of amides is 1. The van der Waals surface area contributed by atoms with Crippen LogP contribution in [0.15, 0.2) is 34.7 Å². The smallest absolute Gasteiger partial charge is 0.371 e. The van der Waals surface area contributed by atoms with Crippen molar-refractivity contribution in [3.05, 3.63) is 47.4 Å². The number of carbonyl (C=O) groups is 2. The van der Waals surface area contributed by atoms with Gasteiger partial charge in [0, 0.05) is 12.1 Å². The van der Waals surface area contributed by atoms with Crippen molar-refractivity contribution in [2.45, 2.75) is 38.3 Å². The zero-order valence-electron chi connectivity index (χ0n) is 14.5. The monoisotopic (exact) mass is 359 g/mol. The van der Waals surface area contributed by atoms with E-state index in [1.165, 1.54) is 12.1 Å². The van der Waals surface area contributed by atoms with Gasteiger partial charge in [-0.15, -0.1) is 0 Å². The molecule has 0 radical (unpaired) electrons. The molecule has 1 aliphatic carbocycles. The third-order valence-corrected chi connectivity index (χ3v) is 4.35. The van der Waals surface area contributed by atoms with Crippen molar-refractivity contribution in [1.29, 1.82) is 0 Å². The fourth-order valence-corrected chi connectivity index (χ4v) is 3.01. The van der Waals surface area contributed by atoms with E-state index in [2.05, 4.69) is 5.32 Å². The van der Waals surface area contributed by atoms with Gasteiger partial charge in [0.05, 0.1) is 13.2 Å². The molecule has 0 aliphatic heterocycles. The van der Waals surface area contributed by atoms with E-state index in [-0.39, 0.29) is 24.2 Å². The van der Waals surface area contributed by atoms with Crippen molar-refractivity contribution >= 4 is 11.9 Å². The number of ether oxygens (including phenoxy) is 2. The van der Waals surface area contributed by atoms with Crippen molar-refractivity contribution in [3.63, 3.8) is 0 Å². The minimum atomic E-state index is -1.22. The molecule has 1 amide bonds. The maximum absolute atomic E-state index is 12.2. The van der Waals surface area contributed by atoms with Crippen LogP contribution < -0.4 is 14.8 Å². The number of carbonyl (C=O) groups excluding carboxylic acids is 1. The summed E-state index contributed by atoms with van der Waals surface area (Å²) in [6, 6.07) is 8.09. The van der Waals surface area contributed by atoms with Gasteiger partial charge in [0.25, 0.3) is 5.91 Å². The Morgan fingerprint density at radius 1 is 1.19 bits per heavy atom. The Morgan fingerprint density at radius 2 is 1.92 bits per heavy atom. The van der Waals surface area contributed by atoms with Gasteiger partial charge in [0.15, 0.2) is 17.3 Å². The summed E-state index contributed by atoms with van der Waals surface area (Å²) in [6.07, 6.45) is 4.47. The predicted octanol–water partition coefficient (Wildman–Crippen LogP) is 3.24. The molecular formula is C19H21NO6. The average Bonchev–Trinajstić information content (AvgIpc) is 3.32. The highest BCUT2D eigenvalue weighted by molar-refractivity contribution is 5.93. The first-order chi connectivity index (χ1) is 12.6. The molecule has 0 unspecified atom stereocenters. The molecule has 0 bridgehead atoms. The summed E-state index contributed by atoms with van der Waals surface area (Å²) in [4.78, 5) is 23.0. The Balaban J connectivity index is 1.71. The number of hydrogen-bond donors (Lipinski definition) is 2. The van der Waals surface area contributed by atoms with Gasteiger partial charge in [0.2, 0.25) is 5.76 Å². The number of benzene rings is 1. The predicted molar refractivity (Wildman–Crippen MR) is 92.7 cm³/mol. The topological polar surface area (TPSA) is 98.0 Å². The van der Waals surface area contributed by atoms with Crippen molar-refractivity contribution in [1.82, 2.24) is 5.32 Å². The second-order valence-electron chi connectivity index (χ2n) is 6.12. The van der Waals surface area contributed by atoms with E-state index in [9.17, 15) is 9.59 Å². The van der Waals surface area contributed by atoms with Crippen LogP contribution in [0.1, 0.15) is 52.4 Å². The molecular weight excluding hydrogens is 338 g/mol. The fourth-order valence-electron chi connectivity index (χ4n) is 3.01. The molecule has 1 heterocycles. The first kappa shape index (κ1) is 17.8. The zero-order chi connectivity index (χ0) is 18.5. The van der Waals surface area contributed by atoms with E-state index in [0.717, 1.165) is 31.2 Å². The minimum absolute atomic E-state index is 0.0523. The molecule has 1 aromatic heterocycles. The first-order valence-corrected chi connectivity index (χ1v) is 8.52. The first-order valence-electron chi connectivity index (χ1n) is 8.52. The SMILES string of the molecule is COc1cccc(CNC(=O)c2ccc(C(=O)O)o2)c1OC1CCCC1. The van der Waals surface area contributed by atoms with Crippen LogP contribution in [0, 0.1) is 0 Å². The number of aromatic carboxylic acids is 1. The normalized spacial score (nSPS) is 14.2. The quantitative estimate of drug-likeness (QED) is 0.787. The van der Waals surface area contributed by atoms with Gasteiger partial charge >= 0.3 is 5.97 Å². The molecule has 7 nitrogen and oxygen atoms in total. The van der Waals surface area contributed by atoms with E-state index in [0.29, 0.717) is 11.5 Å². The highest BCUT2D eigenvalue weighted by Gasteiger charge is 2.21. The Bertz CT molecular complexity index is 791. The highest BCUT2D eigenvalue weighted by Crippen LogP contribution is 2.34. The molecule has 2 N–H and O–H groups in total. The van der Waals surface area contributed by atoms with Gasteiger partial charge in [-0.1, -0.05) is 12.1 Å². The second-order valence-corrected chi connectivity index (χ2v) is 6.12. The van der Waals surface area contributed by atoms with Gasteiger partial charge in [-0.3, -0.25) is 4.79 Å². The molecule has 0 saturated heterocycles. The molecule has 138 valence electrons. The Hall–Kier alpha value is -2.96. The summed E-state index contributed by atoms with van der Waals surface area (Å²) in [5.41, 5.74) is 0.787. The van der Waals surface area contributed by atoms with Gasteiger partial charge in [-0.05, 0) is 43.9 Å². The number of furan rings is 1. The van der Waals surface area contributed by atoms with Gasteiger partial charge in [-0.2, -0.15) is 0 Å². The summed E-state index contributed by atoms with van der Waals surface area (Å²) in [5.74, 6) is -0.788. The van der Waals surface area contributed by atoms with Crippen LogP contribution in [0.25, 0.3) is 0 Å². The lowest BCUT2D eigenvalue weighted by Gasteiger charge is -2.19. The Morgan fingerprint density at radius 3 is 2.58 bits per heavy atom. The van der Waals surface area contributed by atoms with Crippen molar-refractivity contribution in [2.75, 3.05) is 7.11 Å². The number of rotatable bonds is 7. The molecule has 1 saturated carbocycles. The van der Waals surface area contributed by atoms with Crippen LogP contribution in [0.2, 0.25) is 0 Å². The van der Waals surface area contributed by atoms with Crippen molar-refractivity contribution < 1.29 is 28.6 Å². The van der Waals surface area contributed by atoms with Gasteiger partial charge in [-0.25, -0.2) is 4.79 Å². The summed E-state index contributed by atoms with van der Waals surface area (Å²) in [7, 11) is 1.58. The number of nitrogens with one attached hydrogen (secondary N) is 1. The Kier molecular flexibility index (Phi) is 5.46. The van der Waals surface area contributed by atoms with Crippen LogP contribution in [0.5, 0.6) is 11.5 Å². The van der Waals surface area contributed by atoms with E-state index in [1.807, 2.05) is 18.2 Å². The standard InChI is InChI=1S/C19H21NO6/c1-24-14-8-4-5-12(17(14)25-13-6-2-3-7-13)11-20-18(21)15-9-10-16(26-15)19(22)23/h4-5,8-10,13H,2-3,6-7,11H2,1H3,(H,20,21)(H,22,23). The average molecular weight is 359 g/mol. The molecule has 0 atom stereocenters.